The van der Waals surface area contributed by atoms with Crippen LogP contribution >= 0.6 is 50.7 Å². The fraction of sp³-hybridized carbons (Fsp3) is 0.333. The van der Waals surface area contributed by atoms with Crippen molar-refractivity contribution in [3.8, 4) is 51.7 Å². The Balaban J connectivity index is 0.000000172. The molecule has 3 aliphatic carbocycles. The van der Waals surface area contributed by atoms with Gasteiger partial charge in [-0.05, 0) is 127 Å². The third kappa shape index (κ3) is 26.2. The van der Waals surface area contributed by atoms with E-state index in [1.165, 1.54) is 91.7 Å². The summed E-state index contributed by atoms with van der Waals surface area (Å²) in [6.45, 7) is 1.97. The number of carboxylic acids is 1. The van der Waals surface area contributed by atoms with Gasteiger partial charge >= 0.3 is 37.0 Å². The van der Waals surface area contributed by atoms with Crippen LogP contribution in [0, 0.1) is 35.5 Å². The quantitative estimate of drug-likeness (QED) is 0.0153. The summed E-state index contributed by atoms with van der Waals surface area (Å²) in [6.07, 6.45) is -10.9. The highest BCUT2D eigenvalue weighted by atomic mass is 79.9. The average Bonchev–Trinajstić information content (AvgIpc) is 1.64. The fourth-order valence-electron chi connectivity index (χ4n) is 14.4. The molecule has 0 radical (unpaired) electrons. The van der Waals surface area contributed by atoms with Gasteiger partial charge in [0.05, 0.1) is 90.2 Å². The number of ether oxygens (including phenoxy) is 11. The predicted octanol–water partition coefficient (Wildman–Crippen LogP) is 19.6. The number of aliphatic carboxylic acids is 1. The van der Waals surface area contributed by atoms with Crippen molar-refractivity contribution in [1.29, 1.82) is 0 Å². The van der Waals surface area contributed by atoms with Gasteiger partial charge in [-0.1, -0.05) is 113 Å². The SMILES string of the molecule is C.COC(=O)[C@H]1C[C@@H]1COc1cc(N)cc(OC)c1.COC(=O)[C@H]1C[C@@H]1COc1cc(NC(C(=O)N2CCc3ccc(OC(F)(F)F)cc32)c2ccc(Cl)cc2)cc(OC)c1.COc1cc(NC(C(=O)N2CCc3ccc(OC(F)(F)F)cc32)c2ccc(Cl)cc2)cc(OC[C@H]2C[C@@H]2C(=O)O)c1.O=C(C(Br)c1ccc(Cl)cc1)N1CCc2ccc(OC(F)(F)F)cc21. The lowest BCUT2D eigenvalue weighted by atomic mass is 10.0. The van der Waals surface area contributed by atoms with Crippen LogP contribution in [-0.4, -0.2) is 135 Å². The smallest absolute Gasteiger partial charge is 0.497 e. The van der Waals surface area contributed by atoms with E-state index in [0.717, 1.165) is 23.1 Å². The van der Waals surface area contributed by atoms with Crippen molar-refractivity contribution in [2.45, 2.75) is 81.9 Å². The Hall–Kier alpha value is -11.9. The van der Waals surface area contributed by atoms with Crippen molar-refractivity contribution in [2.24, 2.45) is 35.5 Å². The summed E-state index contributed by atoms with van der Waals surface area (Å²) in [7, 11) is 7.31. The van der Waals surface area contributed by atoms with Gasteiger partial charge in [-0.15, -0.1) is 39.5 Å². The third-order valence-electron chi connectivity index (χ3n) is 21.1. The number of carboxylic acid groups (broad SMARTS) is 1. The van der Waals surface area contributed by atoms with Crippen LogP contribution in [0.2, 0.25) is 15.1 Å². The van der Waals surface area contributed by atoms with Crippen molar-refractivity contribution in [3.63, 3.8) is 0 Å². The minimum atomic E-state index is -4.87. The maximum absolute atomic E-state index is 14.0. The summed E-state index contributed by atoms with van der Waals surface area (Å²) < 4.78 is 169. The number of hydrogen-bond donors (Lipinski definition) is 4. The first kappa shape index (κ1) is 95.8. The number of hydrogen-bond acceptors (Lipinski definition) is 20. The lowest BCUT2D eigenvalue weighted by molar-refractivity contribution is -0.275. The van der Waals surface area contributed by atoms with E-state index in [9.17, 15) is 68.3 Å². The Morgan fingerprint density at radius 1 is 0.417 bits per heavy atom. The second-order valence-electron chi connectivity index (χ2n) is 29.8. The number of methoxy groups -OCH3 is 5. The molecule has 3 fully saturated rings. The zero-order valence-electron chi connectivity index (χ0n) is 67.7. The number of halogens is 13. The molecular formula is C90H87BrCl3F9N6O18. The number of carbonyl (C=O) groups excluding carboxylic acids is 5. The number of benzene rings is 9. The molecule has 3 unspecified atom stereocenters. The van der Waals surface area contributed by atoms with E-state index in [0.29, 0.717) is 152 Å². The Labute approximate surface area is 747 Å². The van der Waals surface area contributed by atoms with Crippen molar-refractivity contribution in [3.05, 3.63) is 230 Å². The molecule has 5 N–H and O–H groups in total. The Morgan fingerprint density at radius 3 is 1.04 bits per heavy atom. The van der Waals surface area contributed by atoms with Gasteiger partial charge < -0.3 is 88.3 Å². The number of nitrogens with two attached hydrogens (primary N) is 1. The summed E-state index contributed by atoms with van der Waals surface area (Å²) in [5.74, 6) is -0.782. The second kappa shape index (κ2) is 41.7. The minimum absolute atomic E-state index is 0. The van der Waals surface area contributed by atoms with Gasteiger partial charge in [0.25, 0.3) is 11.8 Å². The van der Waals surface area contributed by atoms with E-state index in [4.69, 9.17) is 78.8 Å². The molecule has 676 valence electrons. The molecule has 0 aromatic heterocycles. The van der Waals surface area contributed by atoms with E-state index in [-0.39, 0.29) is 86.2 Å². The average molecular weight is 1900 g/mol. The first-order chi connectivity index (χ1) is 59.9. The highest BCUT2D eigenvalue weighted by molar-refractivity contribution is 9.09. The van der Waals surface area contributed by atoms with E-state index < -0.39 is 65.3 Å². The van der Waals surface area contributed by atoms with Gasteiger partial charge in [-0.3, -0.25) is 28.8 Å². The van der Waals surface area contributed by atoms with E-state index in [2.05, 4.69) is 45.5 Å². The number of carbonyl (C=O) groups is 6. The molecule has 0 spiro atoms. The number of nitrogens with one attached hydrogen (secondary N) is 2. The maximum atomic E-state index is 14.0. The van der Waals surface area contributed by atoms with E-state index in [1.807, 2.05) is 0 Å². The molecule has 3 amide bonds. The first-order valence-corrected chi connectivity index (χ1v) is 41.1. The second-order valence-corrected chi connectivity index (χ2v) is 32.0. The largest absolute Gasteiger partial charge is 0.573 e. The molecule has 24 nitrogen and oxygen atoms in total. The number of alkyl halides is 10. The monoisotopic (exact) mass is 1890 g/mol. The lowest BCUT2D eigenvalue weighted by Gasteiger charge is -2.26. The van der Waals surface area contributed by atoms with E-state index in [1.54, 1.807) is 141 Å². The minimum Gasteiger partial charge on any atom is -0.497 e. The number of anilines is 6. The van der Waals surface area contributed by atoms with Crippen LogP contribution < -0.4 is 73.7 Å². The maximum Gasteiger partial charge on any atom is 0.573 e. The Bertz CT molecular complexity index is 5420. The van der Waals surface area contributed by atoms with Crippen LogP contribution in [-0.2, 0) is 57.5 Å². The molecule has 0 saturated heterocycles. The van der Waals surface area contributed by atoms with Gasteiger partial charge in [0.15, 0.2) is 0 Å². The van der Waals surface area contributed by atoms with Crippen LogP contribution in [0.25, 0.3) is 0 Å². The van der Waals surface area contributed by atoms with Crippen LogP contribution in [0.3, 0.4) is 0 Å². The molecule has 37 heteroatoms. The van der Waals surface area contributed by atoms with Gasteiger partial charge in [-0.2, -0.15) is 0 Å². The highest BCUT2D eigenvalue weighted by Gasteiger charge is 2.47. The summed E-state index contributed by atoms with van der Waals surface area (Å²) in [5.41, 5.74) is 12.5. The van der Waals surface area contributed by atoms with Gasteiger partial charge in [0, 0.05) is 142 Å². The molecular weight excluding hydrogens is 1810 g/mol. The number of nitrogens with zero attached hydrogens (tertiary/aromatic N) is 3. The van der Waals surface area contributed by atoms with Crippen molar-refractivity contribution in [2.75, 3.05) is 106 Å². The molecule has 0 bridgehead atoms. The predicted molar refractivity (Wildman–Crippen MR) is 459 cm³/mol. The molecule has 9 atom stereocenters. The van der Waals surface area contributed by atoms with Crippen LogP contribution in [0.1, 0.15) is 77.0 Å². The molecule has 6 aliphatic rings. The Kier molecular flexibility index (Phi) is 31.4. The third-order valence-corrected chi connectivity index (χ3v) is 22.8. The molecule has 15 rings (SSSR count). The summed E-state index contributed by atoms with van der Waals surface area (Å²) in [4.78, 5) is 78.7. The normalized spacial score (nSPS) is 17.9. The topological polar surface area (TPSA) is 284 Å². The zero-order valence-corrected chi connectivity index (χ0v) is 71.6. The van der Waals surface area contributed by atoms with E-state index >= 15 is 0 Å². The standard InChI is InChI=1S/C30H28ClF3N2O6.C29H26ClF3N2O6.C17H12BrClF3NO2.C13H17NO4.CH4/c1-39-23-12-21(13-24(14-23)41-16-19-11-25(19)29(38)40-2)35-27(18-3-6-20(31)7-4-18)28(37)36-10-9-17-5-8-22(15-26(17)36)42-30(32,33)34;1-39-22-11-20(12-23(13-22)40-15-18-10-24(18)28(37)38)34-26(17-2-5-19(30)6-3-17)27(36)35-9-8-16-4-7-21(14-25(16)35)41-29(31,32)33;18-15(11-1-4-12(19)5-2-11)16(24)23-8-7-10-3-6-13(9-14(10)23)25-17(20,21)22;1-16-10-4-9(14)5-11(6-10)18-7-8-3-12(8)13(15)17-2;/h3-8,12-15,19,25,27,35H,9-11,16H2,1-2H3;2-7,11-14,18,24,26,34H,8-10,15H2,1H3,(H,37,38);1-6,9,15H,7-8H2;4-6,8,12H,3,7,14H2,1-2H3;1H4/t19-,25+,27?;18-,24+,26?;;8-,12+;/m11.1./s1. The molecule has 3 saturated carbocycles. The summed E-state index contributed by atoms with van der Waals surface area (Å²) >= 11 is 21.4. The van der Waals surface area contributed by atoms with Crippen molar-refractivity contribution >= 4 is 120 Å². The van der Waals surface area contributed by atoms with Gasteiger partial charge in [0.2, 0.25) is 5.91 Å². The number of amides is 3. The van der Waals surface area contributed by atoms with Crippen LogP contribution in [0.15, 0.2) is 182 Å². The van der Waals surface area contributed by atoms with Crippen LogP contribution in [0.5, 0.6) is 51.7 Å². The molecule has 127 heavy (non-hydrogen) atoms. The summed E-state index contributed by atoms with van der Waals surface area (Å²) in [6, 6.07) is 45.6. The number of rotatable bonds is 28. The summed E-state index contributed by atoms with van der Waals surface area (Å²) in [5, 5.41) is 17.1. The van der Waals surface area contributed by atoms with Crippen molar-refractivity contribution in [1.82, 2.24) is 0 Å². The number of esters is 2. The molecule has 9 aromatic rings. The first-order valence-electron chi connectivity index (χ1n) is 39.1. The highest BCUT2D eigenvalue weighted by Crippen LogP contribution is 2.46. The van der Waals surface area contributed by atoms with Gasteiger partial charge in [0.1, 0.15) is 68.7 Å². The molecule has 9 aromatic carbocycles. The zero-order chi connectivity index (χ0) is 90.6. The number of nitrogen functional groups attached to an aromatic ring is 1. The molecule has 3 heterocycles. The molecule has 3 aliphatic heterocycles. The number of fused-ring (bicyclic) bond motifs is 3. The fourth-order valence-corrected chi connectivity index (χ4v) is 15.3. The van der Waals surface area contributed by atoms with Crippen molar-refractivity contribution < 1.29 is 125 Å². The van der Waals surface area contributed by atoms with Gasteiger partial charge in [-0.25, -0.2) is 0 Å². The lowest BCUT2D eigenvalue weighted by Crippen LogP contribution is -2.37. The van der Waals surface area contributed by atoms with Crippen LogP contribution in [0.4, 0.5) is 73.6 Å². The Morgan fingerprint density at radius 2 is 0.717 bits per heavy atom.